The Bertz CT molecular complexity index is 425. The Hall–Kier alpha value is -1.84. The van der Waals surface area contributed by atoms with Gasteiger partial charge in [0.15, 0.2) is 6.10 Å². The topological polar surface area (TPSA) is 58.8 Å². The molecule has 16 heavy (non-hydrogen) atoms. The number of hydrogen-bond acceptors (Lipinski definition) is 4. The third-order valence-corrected chi connectivity index (χ3v) is 1.69. The molecule has 0 amide bonds. The van der Waals surface area contributed by atoms with Crippen LogP contribution in [0.3, 0.4) is 0 Å². The van der Waals surface area contributed by atoms with Gasteiger partial charge >= 0.3 is 12.2 Å². The Labute approximate surface area is 89.7 Å². The molecule has 0 aliphatic rings. The van der Waals surface area contributed by atoms with E-state index in [1.807, 2.05) is 0 Å². The molecule has 0 spiro atoms. The van der Waals surface area contributed by atoms with Crippen molar-refractivity contribution in [1.29, 1.82) is 5.26 Å². The van der Waals surface area contributed by atoms with Crippen molar-refractivity contribution in [3.8, 4) is 12.1 Å². The van der Waals surface area contributed by atoms with E-state index in [1.165, 1.54) is 13.0 Å². The summed E-state index contributed by atoms with van der Waals surface area (Å²) in [5.74, 6) is 0. The molecule has 1 aromatic heterocycles. The Morgan fingerprint density at radius 1 is 1.44 bits per heavy atom. The van der Waals surface area contributed by atoms with Crippen molar-refractivity contribution < 1.29 is 17.9 Å². The SMILES string of the molecule is Cc1cc(C#N)nc(OC(C)C(F)(F)F)n1. The van der Waals surface area contributed by atoms with E-state index in [1.54, 1.807) is 6.07 Å². The lowest BCUT2D eigenvalue weighted by molar-refractivity contribution is -0.190. The fraction of sp³-hybridized carbons (Fsp3) is 0.444. The Morgan fingerprint density at radius 3 is 2.56 bits per heavy atom. The number of rotatable bonds is 2. The zero-order valence-electron chi connectivity index (χ0n) is 8.54. The van der Waals surface area contributed by atoms with Crippen LogP contribution in [0.25, 0.3) is 0 Å². The van der Waals surface area contributed by atoms with E-state index in [2.05, 4.69) is 14.7 Å². The quantitative estimate of drug-likeness (QED) is 0.780. The predicted molar refractivity (Wildman–Crippen MR) is 47.6 cm³/mol. The standard InChI is InChI=1S/C9H8F3N3O/c1-5-3-7(4-13)15-8(14-5)16-6(2)9(10,11)12/h3,6H,1-2H3. The smallest absolute Gasteiger partial charge is 0.425 e. The highest BCUT2D eigenvalue weighted by molar-refractivity contribution is 5.23. The van der Waals surface area contributed by atoms with Gasteiger partial charge in [0.1, 0.15) is 11.8 Å². The zero-order valence-corrected chi connectivity index (χ0v) is 8.54. The maximum Gasteiger partial charge on any atom is 0.425 e. The molecule has 0 radical (unpaired) electrons. The van der Waals surface area contributed by atoms with Crippen LogP contribution in [0.2, 0.25) is 0 Å². The van der Waals surface area contributed by atoms with Crippen molar-refractivity contribution in [3.05, 3.63) is 17.5 Å². The van der Waals surface area contributed by atoms with Crippen LogP contribution >= 0.6 is 0 Å². The largest absolute Gasteiger partial charge is 0.451 e. The molecule has 1 aromatic rings. The van der Waals surface area contributed by atoms with Crippen LogP contribution in [0.15, 0.2) is 6.07 Å². The van der Waals surface area contributed by atoms with Crippen LogP contribution < -0.4 is 4.74 Å². The Balaban J connectivity index is 2.90. The summed E-state index contributed by atoms with van der Waals surface area (Å²) in [4.78, 5) is 7.16. The number of nitriles is 1. The Morgan fingerprint density at radius 2 is 2.06 bits per heavy atom. The monoisotopic (exact) mass is 231 g/mol. The molecule has 0 saturated heterocycles. The first kappa shape index (κ1) is 12.2. The van der Waals surface area contributed by atoms with Crippen LogP contribution in [0, 0.1) is 18.3 Å². The predicted octanol–water partition coefficient (Wildman–Crippen LogP) is 1.99. The minimum absolute atomic E-state index is 0.0307. The minimum atomic E-state index is -4.49. The van der Waals surface area contributed by atoms with Crippen molar-refractivity contribution in [2.45, 2.75) is 26.1 Å². The van der Waals surface area contributed by atoms with Crippen LogP contribution in [0.4, 0.5) is 13.2 Å². The number of alkyl halides is 3. The molecule has 0 aliphatic carbocycles. The summed E-state index contributed by atoms with van der Waals surface area (Å²) >= 11 is 0. The van der Waals surface area contributed by atoms with Gasteiger partial charge in [0.25, 0.3) is 0 Å². The number of hydrogen-bond donors (Lipinski definition) is 0. The minimum Gasteiger partial charge on any atom is -0.451 e. The lowest BCUT2D eigenvalue weighted by Crippen LogP contribution is -2.31. The highest BCUT2D eigenvalue weighted by Crippen LogP contribution is 2.23. The fourth-order valence-electron chi connectivity index (χ4n) is 0.876. The molecule has 0 aromatic carbocycles. The van der Waals surface area contributed by atoms with E-state index in [9.17, 15) is 13.2 Å². The van der Waals surface area contributed by atoms with Crippen molar-refractivity contribution in [3.63, 3.8) is 0 Å². The van der Waals surface area contributed by atoms with Gasteiger partial charge in [-0.25, -0.2) is 4.98 Å². The number of aromatic nitrogens is 2. The highest BCUT2D eigenvalue weighted by Gasteiger charge is 2.38. The lowest BCUT2D eigenvalue weighted by Gasteiger charge is -2.16. The van der Waals surface area contributed by atoms with E-state index in [0.29, 0.717) is 5.69 Å². The van der Waals surface area contributed by atoms with Gasteiger partial charge in [-0.1, -0.05) is 0 Å². The van der Waals surface area contributed by atoms with Crippen LogP contribution in [-0.2, 0) is 0 Å². The van der Waals surface area contributed by atoms with Gasteiger partial charge in [0.05, 0.1) is 0 Å². The third-order valence-electron chi connectivity index (χ3n) is 1.69. The molecular weight excluding hydrogens is 223 g/mol. The van der Waals surface area contributed by atoms with Gasteiger partial charge < -0.3 is 4.74 Å². The number of halogens is 3. The molecule has 1 heterocycles. The summed E-state index contributed by atoms with van der Waals surface area (Å²) in [6, 6.07) is 2.62. The summed E-state index contributed by atoms with van der Waals surface area (Å²) in [6.07, 6.45) is -6.50. The summed E-state index contributed by atoms with van der Waals surface area (Å²) in [6.45, 7) is 2.38. The van der Waals surface area contributed by atoms with E-state index < -0.39 is 18.3 Å². The van der Waals surface area contributed by atoms with Crippen LogP contribution in [0.5, 0.6) is 6.01 Å². The first-order chi connectivity index (χ1) is 7.32. The average molecular weight is 231 g/mol. The highest BCUT2D eigenvalue weighted by atomic mass is 19.4. The van der Waals surface area contributed by atoms with Gasteiger partial charge in [-0.05, 0) is 19.9 Å². The summed E-state index contributed by atoms with van der Waals surface area (Å²) in [5.41, 5.74) is 0.341. The van der Waals surface area contributed by atoms with Gasteiger partial charge in [0, 0.05) is 5.69 Å². The second-order valence-electron chi connectivity index (χ2n) is 3.09. The first-order valence-electron chi connectivity index (χ1n) is 4.32. The summed E-state index contributed by atoms with van der Waals surface area (Å²) in [5, 5.41) is 8.56. The lowest BCUT2D eigenvalue weighted by atomic mass is 10.3. The van der Waals surface area contributed by atoms with Crippen molar-refractivity contribution >= 4 is 0 Å². The molecule has 0 fully saturated rings. The molecule has 7 heteroatoms. The average Bonchev–Trinajstić information content (AvgIpc) is 2.15. The molecule has 86 valence electrons. The molecule has 4 nitrogen and oxygen atoms in total. The second-order valence-corrected chi connectivity index (χ2v) is 3.09. The Kier molecular flexibility index (Phi) is 3.32. The zero-order chi connectivity index (χ0) is 12.3. The summed E-state index contributed by atoms with van der Waals surface area (Å²) < 4.78 is 41.0. The number of ether oxygens (including phenoxy) is 1. The van der Waals surface area contributed by atoms with Crippen molar-refractivity contribution in [1.82, 2.24) is 9.97 Å². The van der Waals surface area contributed by atoms with Gasteiger partial charge in [-0.3, -0.25) is 0 Å². The fourth-order valence-corrected chi connectivity index (χ4v) is 0.876. The molecule has 1 unspecified atom stereocenters. The molecule has 0 aliphatic heterocycles. The first-order valence-corrected chi connectivity index (χ1v) is 4.32. The normalized spacial score (nSPS) is 13.0. The maximum atomic E-state index is 12.2. The van der Waals surface area contributed by atoms with Crippen LogP contribution in [-0.4, -0.2) is 22.2 Å². The van der Waals surface area contributed by atoms with Crippen molar-refractivity contribution in [2.75, 3.05) is 0 Å². The van der Waals surface area contributed by atoms with E-state index in [0.717, 1.165) is 6.92 Å². The molecule has 1 atom stereocenters. The van der Waals surface area contributed by atoms with Gasteiger partial charge in [-0.2, -0.15) is 23.4 Å². The second kappa shape index (κ2) is 4.35. The maximum absolute atomic E-state index is 12.2. The van der Waals surface area contributed by atoms with Gasteiger partial charge in [-0.15, -0.1) is 0 Å². The van der Waals surface area contributed by atoms with E-state index in [-0.39, 0.29) is 5.69 Å². The van der Waals surface area contributed by atoms with Crippen LogP contribution in [0.1, 0.15) is 18.3 Å². The summed E-state index contributed by atoms with van der Waals surface area (Å²) in [7, 11) is 0. The molecule has 0 N–H and O–H groups in total. The number of aryl methyl sites for hydroxylation is 1. The third kappa shape index (κ3) is 3.08. The number of nitrogens with zero attached hydrogens (tertiary/aromatic N) is 3. The molecule has 0 saturated carbocycles. The molecular formula is C9H8F3N3O. The molecule has 1 rings (SSSR count). The van der Waals surface area contributed by atoms with Crippen molar-refractivity contribution in [2.24, 2.45) is 0 Å². The van der Waals surface area contributed by atoms with E-state index in [4.69, 9.17) is 5.26 Å². The van der Waals surface area contributed by atoms with E-state index >= 15 is 0 Å². The molecule has 0 bridgehead atoms. The van der Waals surface area contributed by atoms with Gasteiger partial charge in [0.2, 0.25) is 0 Å².